The van der Waals surface area contributed by atoms with Crippen molar-refractivity contribution in [3.05, 3.63) is 32.8 Å². The highest BCUT2D eigenvalue weighted by atomic mass is 79.9. The molecule has 2 aliphatic rings. The summed E-state index contributed by atoms with van der Waals surface area (Å²) in [7, 11) is 0. The topological polar surface area (TPSA) is 89.3 Å². The number of nitro groups is 1. The van der Waals surface area contributed by atoms with Crippen molar-refractivity contribution < 1.29 is 14.5 Å². The standard InChI is InChI=1S/C17H18Br2N2O4/c1-15(2)16(3)6-7-17(15,12(19)13(16)22)14(23)20-11-5-4-9(21(24)25)8-10(11)18/h4-5,8,12H,6-7H2,1-3H3,(H,20,23). The lowest BCUT2D eigenvalue weighted by Gasteiger charge is -2.39. The number of carbonyl (C=O) groups excluding carboxylic acids is 2. The minimum absolute atomic E-state index is 0.0637. The van der Waals surface area contributed by atoms with Gasteiger partial charge in [-0.15, -0.1) is 0 Å². The molecule has 25 heavy (non-hydrogen) atoms. The lowest BCUT2D eigenvalue weighted by Crippen LogP contribution is -2.48. The molecule has 2 fully saturated rings. The van der Waals surface area contributed by atoms with Crippen LogP contribution in [0.3, 0.4) is 0 Å². The molecule has 3 atom stereocenters. The lowest BCUT2D eigenvalue weighted by molar-refractivity contribution is -0.384. The van der Waals surface area contributed by atoms with Crippen LogP contribution in [0.2, 0.25) is 0 Å². The zero-order chi connectivity index (χ0) is 18.8. The van der Waals surface area contributed by atoms with E-state index in [1.165, 1.54) is 18.2 Å². The van der Waals surface area contributed by atoms with Gasteiger partial charge in [0.1, 0.15) is 0 Å². The number of non-ortho nitro benzene ring substituents is 1. The molecule has 0 aromatic heterocycles. The summed E-state index contributed by atoms with van der Waals surface area (Å²) in [6.07, 6.45) is 1.30. The van der Waals surface area contributed by atoms with Crippen LogP contribution in [0.15, 0.2) is 22.7 Å². The molecular weight excluding hydrogens is 456 g/mol. The summed E-state index contributed by atoms with van der Waals surface area (Å²) in [5.41, 5.74) is -1.49. The van der Waals surface area contributed by atoms with Crippen molar-refractivity contribution in [2.24, 2.45) is 16.2 Å². The number of nitrogens with one attached hydrogen (secondary N) is 1. The fraction of sp³-hybridized carbons (Fsp3) is 0.529. The summed E-state index contributed by atoms with van der Waals surface area (Å²) in [5.74, 6) is -0.162. The third kappa shape index (κ3) is 2.19. The molecule has 1 amide bonds. The highest BCUT2D eigenvalue weighted by Crippen LogP contribution is 2.72. The van der Waals surface area contributed by atoms with Gasteiger partial charge in [0, 0.05) is 22.0 Å². The Morgan fingerprint density at radius 2 is 1.96 bits per heavy atom. The highest BCUT2D eigenvalue weighted by molar-refractivity contribution is 9.10. The first-order chi connectivity index (χ1) is 11.5. The Bertz CT molecular complexity index is 810. The maximum atomic E-state index is 13.2. The SMILES string of the molecule is CC12CCC(C(=O)Nc3ccc([N+](=O)[O-])cc3Br)(C(Br)C1=O)C2(C)C. The number of amides is 1. The van der Waals surface area contributed by atoms with Gasteiger partial charge >= 0.3 is 0 Å². The molecule has 0 heterocycles. The molecule has 0 aliphatic heterocycles. The molecule has 3 rings (SSSR count). The minimum Gasteiger partial charge on any atom is -0.325 e. The first-order valence-electron chi connectivity index (χ1n) is 7.93. The van der Waals surface area contributed by atoms with Crippen molar-refractivity contribution in [3.63, 3.8) is 0 Å². The quantitative estimate of drug-likeness (QED) is 0.398. The number of hydrogen-bond acceptors (Lipinski definition) is 4. The zero-order valence-corrected chi connectivity index (χ0v) is 17.2. The molecule has 1 aromatic carbocycles. The zero-order valence-electron chi connectivity index (χ0n) is 14.1. The van der Waals surface area contributed by atoms with Crippen LogP contribution in [-0.2, 0) is 9.59 Å². The number of benzene rings is 1. The number of rotatable bonds is 3. The van der Waals surface area contributed by atoms with E-state index < -0.39 is 26.0 Å². The third-order valence-electron chi connectivity index (χ3n) is 6.54. The monoisotopic (exact) mass is 472 g/mol. The highest BCUT2D eigenvalue weighted by Gasteiger charge is 2.76. The van der Waals surface area contributed by atoms with Crippen LogP contribution in [-0.4, -0.2) is 21.4 Å². The number of halogens is 2. The predicted octanol–water partition coefficient (Wildman–Crippen LogP) is 4.45. The molecule has 2 saturated carbocycles. The van der Waals surface area contributed by atoms with Gasteiger partial charge in [0.05, 0.1) is 20.9 Å². The Balaban J connectivity index is 1.97. The van der Waals surface area contributed by atoms with E-state index in [9.17, 15) is 19.7 Å². The maximum absolute atomic E-state index is 13.2. The predicted molar refractivity (Wildman–Crippen MR) is 101 cm³/mol. The van der Waals surface area contributed by atoms with Crippen LogP contribution in [0.5, 0.6) is 0 Å². The number of nitro benzene ring substituents is 1. The largest absolute Gasteiger partial charge is 0.325 e. The second kappa shape index (κ2) is 5.61. The van der Waals surface area contributed by atoms with E-state index in [4.69, 9.17) is 0 Å². The number of anilines is 1. The normalized spacial score (nSPS) is 32.7. The number of alkyl halides is 1. The van der Waals surface area contributed by atoms with Crippen molar-refractivity contribution in [2.75, 3.05) is 5.32 Å². The number of fused-ring (bicyclic) bond motifs is 2. The summed E-state index contributed by atoms with van der Waals surface area (Å²) >= 11 is 6.75. The van der Waals surface area contributed by atoms with Gasteiger partial charge in [0.25, 0.3) is 5.69 Å². The third-order valence-corrected chi connectivity index (χ3v) is 8.39. The molecule has 8 heteroatoms. The van der Waals surface area contributed by atoms with Gasteiger partial charge in [-0.2, -0.15) is 0 Å². The molecule has 134 valence electrons. The lowest BCUT2D eigenvalue weighted by atomic mass is 9.64. The second-order valence-corrected chi connectivity index (χ2v) is 9.30. The van der Waals surface area contributed by atoms with E-state index in [1.807, 2.05) is 20.8 Å². The average Bonchev–Trinajstić information content (AvgIpc) is 2.81. The molecule has 2 aliphatic carbocycles. The van der Waals surface area contributed by atoms with Crippen LogP contribution in [0.25, 0.3) is 0 Å². The van der Waals surface area contributed by atoms with Crippen LogP contribution >= 0.6 is 31.9 Å². The molecule has 3 unspecified atom stereocenters. The van der Waals surface area contributed by atoms with Crippen LogP contribution in [0, 0.1) is 26.4 Å². The van der Waals surface area contributed by atoms with Crippen molar-refractivity contribution in [1.82, 2.24) is 0 Å². The van der Waals surface area contributed by atoms with Gasteiger partial charge in [-0.05, 0) is 40.3 Å². The molecule has 1 aromatic rings. The molecule has 2 bridgehead atoms. The van der Waals surface area contributed by atoms with E-state index in [0.717, 1.165) is 0 Å². The molecular formula is C17H18Br2N2O4. The maximum Gasteiger partial charge on any atom is 0.270 e. The van der Waals surface area contributed by atoms with Crippen LogP contribution < -0.4 is 5.32 Å². The first kappa shape index (κ1) is 18.5. The second-order valence-electron chi connectivity index (χ2n) is 7.53. The Morgan fingerprint density at radius 3 is 2.44 bits per heavy atom. The Morgan fingerprint density at radius 1 is 1.32 bits per heavy atom. The van der Waals surface area contributed by atoms with Crippen molar-refractivity contribution in [1.29, 1.82) is 0 Å². The summed E-state index contributed by atoms with van der Waals surface area (Å²) < 4.78 is 0.431. The summed E-state index contributed by atoms with van der Waals surface area (Å²) in [6, 6.07) is 4.19. The van der Waals surface area contributed by atoms with Gasteiger partial charge in [0.15, 0.2) is 5.78 Å². The van der Waals surface area contributed by atoms with Gasteiger partial charge in [-0.25, -0.2) is 0 Å². The smallest absolute Gasteiger partial charge is 0.270 e. The Kier molecular flexibility index (Phi) is 4.15. The summed E-state index contributed by atoms with van der Waals surface area (Å²) in [5, 5.41) is 13.7. The van der Waals surface area contributed by atoms with Gasteiger partial charge in [-0.1, -0.05) is 36.7 Å². The number of Topliss-reactive ketones (excluding diaryl/α,β-unsaturated/α-hetero) is 1. The first-order valence-corrected chi connectivity index (χ1v) is 9.64. The molecule has 0 spiro atoms. The van der Waals surface area contributed by atoms with E-state index in [1.54, 1.807) is 0 Å². The average molecular weight is 474 g/mol. The molecule has 0 saturated heterocycles. The van der Waals surface area contributed by atoms with Crippen LogP contribution in [0.4, 0.5) is 11.4 Å². The number of nitrogens with zero attached hydrogens (tertiary/aromatic N) is 1. The Hall–Kier alpha value is -1.28. The number of ketones is 1. The van der Waals surface area contributed by atoms with Gasteiger partial charge < -0.3 is 5.32 Å². The van der Waals surface area contributed by atoms with E-state index in [0.29, 0.717) is 23.0 Å². The van der Waals surface area contributed by atoms with Crippen molar-refractivity contribution in [2.45, 2.75) is 38.4 Å². The summed E-state index contributed by atoms with van der Waals surface area (Å²) in [6.45, 7) is 5.89. The van der Waals surface area contributed by atoms with Gasteiger partial charge in [0.2, 0.25) is 5.91 Å². The van der Waals surface area contributed by atoms with Gasteiger partial charge in [-0.3, -0.25) is 19.7 Å². The summed E-state index contributed by atoms with van der Waals surface area (Å²) in [4.78, 5) is 35.8. The van der Waals surface area contributed by atoms with E-state index >= 15 is 0 Å². The van der Waals surface area contributed by atoms with Crippen molar-refractivity contribution in [3.8, 4) is 0 Å². The molecule has 1 N–H and O–H groups in total. The fourth-order valence-corrected chi connectivity index (χ4v) is 6.39. The fourth-order valence-electron chi connectivity index (χ4n) is 4.41. The number of hydrogen-bond donors (Lipinski definition) is 1. The Labute approximate surface area is 162 Å². The molecule has 0 radical (unpaired) electrons. The molecule has 6 nitrogen and oxygen atoms in total. The minimum atomic E-state index is -0.847. The number of carbonyl (C=O) groups is 2. The van der Waals surface area contributed by atoms with E-state index in [-0.39, 0.29) is 17.4 Å². The van der Waals surface area contributed by atoms with Crippen molar-refractivity contribution >= 4 is 54.9 Å². The van der Waals surface area contributed by atoms with E-state index in [2.05, 4.69) is 37.2 Å². The van der Waals surface area contributed by atoms with Crippen LogP contribution in [0.1, 0.15) is 33.6 Å².